The van der Waals surface area contributed by atoms with Gasteiger partial charge < -0.3 is 9.72 Å². The Morgan fingerprint density at radius 3 is 2.63 bits per heavy atom. The maximum Gasteiger partial charge on any atom is 0.417 e. The van der Waals surface area contributed by atoms with Crippen LogP contribution in [0, 0.1) is 0 Å². The molecule has 0 unspecified atom stereocenters. The van der Waals surface area contributed by atoms with Gasteiger partial charge in [0.2, 0.25) is 0 Å². The SMILES string of the molecule is FC(F)(F)c1ccc2cnc(C3CCNCC3)n2c1. The first-order chi connectivity index (χ1) is 9.05. The van der Waals surface area contributed by atoms with Crippen LogP contribution >= 0.6 is 0 Å². The number of piperidine rings is 1. The molecule has 1 N–H and O–H groups in total. The third-order valence-electron chi connectivity index (χ3n) is 3.59. The molecule has 0 atom stereocenters. The first-order valence-electron chi connectivity index (χ1n) is 6.30. The number of fused-ring (bicyclic) bond motifs is 1. The zero-order valence-corrected chi connectivity index (χ0v) is 10.2. The van der Waals surface area contributed by atoms with E-state index in [1.807, 2.05) is 0 Å². The van der Waals surface area contributed by atoms with E-state index >= 15 is 0 Å². The van der Waals surface area contributed by atoms with E-state index in [1.54, 1.807) is 10.6 Å². The molecule has 0 saturated carbocycles. The molecule has 1 aliphatic heterocycles. The van der Waals surface area contributed by atoms with Crippen LogP contribution in [0.3, 0.4) is 0 Å². The fraction of sp³-hybridized carbons (Fsp3) is 0.462. The first-order valence-corrected chi connectivity index (χ1v) is 6.30. The molecule has 0 radical (unpaired) electrons. The molecule has 0 bridgehead atoms. The van der Waals surface area contributed by atoms with E-state index in [1.165, 1.54) is 6.07 Å². The van der Waals surface area contributed by atoms with Gasteiger partial charge in [-0.15, -0.1) is 0 Å². The normalized spacial score (nSPS) is 18.1. The van der Waals surface area contributed by atoms with Gasteiger partial charge in [0.15, 0.2) is 0 Å². The van der Waals surface area contributed by atoms with Crippen LogP contribution in [0.25, 0.3) is 5.52 Å². The second-order valence-electron chi connectivity index (χ2n) is 4.85. The molecule has 102 valence electrons. The Morgan fingerprint density at radius 2 is 1.95 bits per heavy atom. The van der Waals surface area contributed by atoms with Gasteiger partial charge in [-0.05, 0) is 38.1 Å². The summed E-state index contributed by atoms with van der Waals surface area (Å²) in [6.07, 6.45) is 0.297. The quantitative estimate of drug-likeness (QED) is 0.862. The second kappa shape index (κ2) is 4.52. The Balaban J connectivity index is 2.05. The van der Waals surface area contributed by atoms with E-state index in [0.717, 1.165) is 44.0 Å². The lowest BCUT2D eigenvalue weighted by Crippen LogP contribution is -2.27. The van der Waals surface area contributed by atoms with Crippen molar-refractivity contribution in [3.8, 4) is 0 Å². The Bertz CT molecular complexity index is 582. The molecule has 0 aliphatic carbocycles. The first kappa shape index (κ1) is 12.5. The number of nitrogens with zero attached hydrogens (tertiary/aromatic N) is 2. The molecule has 1 aliphatic rings. The average Bonchev–Trinajstić information content (AvgIpc) is 2.81. The number of halogens is 3. The standard InChI is InChI=1S/C13H14F3N3/c14-13(15,16)10-1-2-11-7-18-12(19(11)8-10)9-3-5-17-6-4-9/h1-2,7-9,17H,3-6H2. The maximum absolute atomic E-state index is 12.8. The lowest BCUT2D eigenvalue weighted by atomic mass is 9.97. The van der Waals surface area contributed by atoms with Crippen LogP contribution < -0.4 is 5.32 Å². The summed E-state index contributed by atoms with van der Waals surface area (Å²) in [5.41, 5.74) is 0.0784. The summed E-state index contributed by atoms with van der Waals surface area (Å²) in [6, 6.07) is 2.57. The molecule has 1 saturated heterocycles. The van der Waals surface area contributed by atoms with Gasteiger partial charge in [0.25, 0.3) is 0 Å². The monoisotopic (exact) mass is 269 g/mol. The number of nitrogens with one attached hydrogen (secondary N) is 1. The number of hydrogen-bond donors (Lipinski definition) is 1. The van der Waals surface area contributed by atoms with Crippen LogP contribution in [0.2, 0.25) is 0 Å². The van der Waals surface area contributed by atoms with E-state index in [4.69, 9.17) is 0 Å². The third-order valence-corrected chi connectivity index (χ3v) is 3.59. The van der Waals surface area contributed by atoms with Crippen LogP contribution in [0.4, 0.5) is 13.2 Å². The summed E-state index contributed by atoms with van der Waals surface area (Å²) < 4.78 is 39.8. The van der Waals surface area contributed by atoms with E-state index in [-0.39, 0.29) is 5.92 Å². The van der Waals surface area contributed by atoms with Crippen molar-refractivity contribution < 1.29 is 13.2 Å². The van der Waals surface area contributed by atoms with Gasteiger partial charge in [-0.2, -0.15) is 13.2 Å². The molecular formula is C13H14F3N3. The van der Waals surface area contributed by atoms with Crippen molar-refractivity contribution in [2.24, 2.45) is 0 Å². The van der Waals surface area contributed by atoms with Crippen molar-refractivity contribution in [3.05, 3.63) is 35.9 Å². The molecule has 3 nitrogen and oxygen atoms in total. The smallest absolute Gasteiger partial charge is 0.317 e. The molecule has 1 fully saturated rings. The summed E-state index contributed by atoms with van der Waals surface area (Å²) in [7, 11) is 0. The number of rotatable bonds is 1. The van der Waals surface area contributed by atoms with Crippen molar-refractivity contribution in [2.75, 3.05) is 13.1 Å². The Kier molecular flexibility index (Phi) is 2.97. The molecule has 19 heavy (non-hydrogen) atoms. The highest BCUT2D eigenvalue weighted by atomic mass is 19.4. The highest BCUT2D eigenvalue weighted by Crippen LogP contribution is 2.31. The molecule has 2 aromatic rings. The summed E-state index contributed by atoms with van der Waals surface area (Å²) in [5, 5.41) is 3.24. The lowest BCUT2D eigenvalue weighted by molar-refractivity contribution is -0.137. The van der Waals surface area contributed by atoms with Crippen molar-refractivity contribution in [1.29, 1.82) is 0 Å². The number of aromatic nitrogens is 2. The van der Waals surface area contributed by atoms with Crippen LogP contribution in [0.1, 0.15) is 30.1 Å². The molecule has 0 spiro atoms. The summed E-state index contributed by atoms with van der Waals surface area (Å²) in [5.74, 6) is 0.967. The van der Waals surface area contributed by atoms with Gasteiger partial charge in [-0.25, -0.2) is 4.98 Å². The second-order valence-corrected chi connectivity index (χ2v) is 4.85. The van der Waals surface area contributed by atoms with Gasteiger partial charge in [-0.1, -0.05) is 0 Å². The molecule has 3 heterocycles. The maximum atomic E-state index is 12.8. The van der Waals surface area contributed by atoms with Gasteiger partial charge >= 0.3 is 6.18 Å². The topological polar surface area (TPSA) is 29.3 Å². The van der Waals surface area contributed by atoms with E-state index in [0.29, 0.717) is 5.52 Å². The highest BCUT2D eigenvalue weighted by Gasteiger charge is 2.31. The average molecular weight is 269 g/mol. The molecule has 0 amide bonds. The van der Waals surface area contributed by atoms with Crippen molar-refractivity contribution in [3.63, 3.8) is 0 Å². The van der Waals surface area contributed by atoms with Crippen molar-refractivity contribution in [2.45, 2.75) is 24.9 Å². The predicted octanol–water partition coefficient (Wildman–Crippen LogP) is 2.82. The van der Waals surface area contributed by atoms with E-state index in [9.17, 15) is 13.2 Å². The largest absolute Gasteiger partial charge is 0.417 e. The fourth-order valence-corrected chi connectivity index (χ4v) is 2.56. The van der Waals surface area contributed by atoms with Gasteiger partial charge in [0, 0.05) is 12.1 Å². The van der Waals surface area contributed by atoms with Crippen LogP contribution in [-0.4, -0.2) is 22.5 Å². The molecule has 2 aromatic heterocycles. The molecule has 6 heteroatoms. The summed E-state index contributed by atoms with van der Waals surface area (Å²) in [4.78, 5) is 4.31. The minimum atomic E-state index is -4.32. The van der Waals surface area contributed by atoms with Crippen molar-refractivity contribution >= 4 is 5.52 Å². The Labute approximate surface area is 108 Å². The minimum absolute atomic E-state index is 0.229. The van der Waals surface area contributed by atoms with Gasteiger partial charge in [-0.3, -0.25) is 0 Å². The molecule has 3 rings (SSSR count). The third kappa shape index (κ3) is 2.32. The number of hydrogen-bond acceptors (Lipinski definition) is 2. The Morgan fingerprint density at radius 1 is 1.21 bits per heavy atom. The summed E-state index contributed by atoms with van der Waals surface area (Å²) >= 11 is 0. The lowest BCUT2D eigenvalue weighted by Gasteiger charge is -2.21. The van der Waals surface area contributed by atoms with Crippen LogP contribution in [0.15, 0.2) is 24.5 Å². The van der Waals surface area contributed by atoms with Gasteiger partial charge in [0.05, 0.1) is 17.3 Å². The minimum Gasteiger partial charge on any atom is -0.317 e. The van der Waals surface area contributed by atoms with Crippen LogP contribution in [-0.2, 0) is 6.18 Å². The molecule has 0 aromatic carbocycles. The van der Waals surface area contributed by atoms with E-state index < -0.39 is 11.7 Å². The van der Waals surface area contributed by atoms with E-state index in [2.05, 4.69) is 10.3 Å². The predicted molar refractivity (Wildman–Crippen MR) is 65.0 cm³/mol. The summed E-state index contributed by atoms with van der Waals surface area (Å²) in [6.45, 7) is 1.77. The number of pyridine rings is 1. The molecular weight excluding hydrogens is 255 g/mol. The number of alkyl halides is 3. The number of imidazole rings is 1. The fourth-order valence-electron chi connectivity index (χ4n) is 2.56. The van der Waals surface area contributed by atoms with Gasteiger partial charge in [0.1, 0.15) is 5.82 Å². The van der Waals surface area contributed by atoms with Crippen molar-refractivity contribution in [1.82, 2.24) is 14.7 Å². The zero-order valence-electron chi connectivity index (χ0n) is 10.2. The Hall–Kier alpha value is -1.56. The zero-order chi connectivity index (χ0) is 13.5. The highest BCUT2D eigenvalue weighted by molar-refractivity contribution is 5.47. The van der Waals surface area contributed by atoms with Crippen LogP contribution in [0.5, 0.6) is 0 Å².